The molecule has 0 aliphatic heterocycles. The second kappa shape index (κ2) is 6.18. The molecule has 9 heavy (non-hydrogen) atoms. The molecule has 0 aromatic rings. The van der Waals surface area contributed by atoms with Crippen LogP contribution in [0.2, 0.25) is 6.04 Å². The van der Waals surface area contributed by atoms with E-state index < -0.39 is 8.80 Å². The van der Waals surface area contributed by atoms with Crippen LogP contribution in [0.25, 0.3) is 0 Å². The van der Waals surface area contributed by atoms with E-state index in [9.17, 15) is 0 Å². The third kappa shape index (κ3) is 18.0. The van der Waals surface area contributed by atoms with Crippen molar-refractivity contribution in [3.8, 4) is 0 Å². The fourth-order valence-corrected chi connectivity index (χ4v) is 1.01. The predicted octanol–water partition coefficient (Wildman–Crippen LogP) is -1.11. The Morgan fingerprint density at radius 2 is 1.56 bits per heavy atom. The second-order valence-electron chi connectivity index (χ2n) is 1.52. The van der Waals surface area contributed by atoms with Crippen molar-refractivity contribution in [2.24, 2.45) is 5.73 Å². The first-order valence-electron chi connectivity index (χ1n) is 2.81. The van der Waals surface area contributed by atoms with E-state index in [0.717, 1.165) is 0 Å². The van der Waals surface area contributed by atoms with Crippen molar-refractivity contribution in [2.45, 2.75) is 19.4 Å². The molecule has 0 unspecified atom stereocenters. The number of hydrogen-bond acceptors (Lipinski definition) is 4. The fourth-order valence-electron chi connectivity index (χ4n) is 0.335. The van der Waals surface area contributed by atoms with Crippen molar-refractivity contribution in [2.75, 3.05) is 7.05 Å². The first-order chi connectivity index (χ1) is 4.06. The van der Waals surface area contributed by atoms with Gasteiger partial charge in [0.1, 0.15) is 0 Å². The molecule has 58 valence electrons. The number of hydrogen-bond donors (Lipinski definition) is 4. The first-order valence-corrected chi connectivity index (χ1v) is 4.86. The predicted molar refractivity (Wildman–Crippen MR) is 37.6 cm³/mol. The van der Waals surface area contributed by atoms with Crippen molar-refractivity contribution in [1.29, 1.82) is 0 Å². The Hall–Kier alpha value is 0.0569. The van der Waals surface area contributed by atoms with Gasteiger partial charge in [-0.25, -0.2) is 0 Å². The molecule has 0 spiro atoms. The summed E-state index contributed by atoms with van der Waals surface area (Å²) in [6.07, 6.45) is 0.621. The Bertz CT molecular complexity index is 54.3. The molecule has 0 atom stereocenters. The third-order valence-electron chi connectivity index (χ3n) is 0.585. The van der Waals surface area contributed by atoms with Crippen LogP contribution in [0.5, 0.6) is 0 Å². The summed E-state index contributed by atoms with van der Waals surface area (Å²) in [4.78, 5) is 24.8. The summed E-state index contributed by atoms with van der Waals surface area (Å²) in [5.41, 5.74) is 4.50. The SMILES string of the molecule is CCC[Si](O)(O)O.CN. The van der Waals surface area contributed by atoms with Gasteiger partial charge in [0.25, 0.3) is 0 Å². The second-order valence-corrected chi connectivity index (χ2v) is 3.57. The molecule has 5 heteroatoms. The molecule has 0 saturated heterocycles. The van der Waals surface area contributed by atoms with Crippen LogP contribution in [0.3, 0.4) is 0 Å². The summed E-state index contributed by atoms with van der Waals surface area (Å²) in [5, 5.41) is 0. The maximum atomic E-state index is 8.27. The number of nitrogens with two attached hydrogens (primary N) is 1. The molecule has 0 rings (SSSR count). The highest BCUT2D eigenvalue weighted by Crippen LogP contribution is 1.97. The molecule has 0 aromatic carbocycles. The number of rotatable bonds is 2. The normalized spacial score (nSPS) is 10.0. The largest absolute Gasteiger partial charge is 0.492 e. The lowest BCUT2D eigenvalue weighted by Crippen LogP contribution is -2.33. The van der Waals surface area contributed by atoms with Gasteiger partial charge in [0, 0.05) is 6.04 Å². The van der Waals surface area contributed by atoms with Crippen LogP contribution in [0.1, 0.15) is 13.3 Å². The summed E-state index contributed by atoms with van der Waals surface area (Å²) in [7, 11) is -2.16. The molecule has 4 nitrogen and oxygen atoms in total. The van der Waals surface area contributed by atoms with Gasteiger partial charge in [-0.1, -0.05) is 13.3 Å². The molecule has 0 radical (unpaired) electrons. The highest BCUT2D eigenvalue weighted by molar-refractivity contribution is 6.56. The average Bonchev–Trinajstić information content (AvgIpc) is 1.69. The van der Waals surface area contributed by atoms with Gasteiger partial charge in [-0.15, -0.1) is 0 Å². The van der Waals surface area contributed by atoms with Gasteiger partial charge < -0.3 is 20.1 Å². The zero-order valence-corrected chi connectivity index (χ0v) is 6.83. The molecule has 0 saturated carbocycles. The smallest absolute Gasteiger partial charge is 0.390 e. The minimum Gasteiger partial charge on any atom is -0.390 e. The van der Waals surface area contributed by atoms with Crippen LogP contribution in [0.15, 0.2) is 0 Å². The van der Waals surface area contributed by atoms with Gasteiger partial charge in [0.15, 0.2) is 0 Å². The molecule has 0 aliphatic rings. The third-order valence-corrected chi connectivity index (χ3v) is 1.76. The molecule has 0 amide bonds. The van der Waals surface area contributed by atoms with Gasteiger partial charge in [-0.2, -0.15) is 0 Å². The van der Waals surface area contributed by atoms with Gasteiger partial charge in [0.2, 0.25) is 0 Å². The summed E-state index contributed by atoms with van der Waals surface area (Å²) in [5.74, 6) is 0. The Morgan fingerprint density at radius 3 is 1.56 bits per heavy atom. The topological polar surface area (TPSA) is 86.7 Å². The van der Waals surface area contributed by atoms with Crippen LogP contribution in [-0.2, 0) is 0 Å². The Balaban J connectivity index is 0. The van der Waals surface area contributed by atoms with Crippen LogP contribution < -0.4 is 5.73 Å². The lowest BCUT2D eigenvalue weighted by Gasteiger charge is -2.04. The Morgan fingerprint density at radius 1 is 1.22 bits per heavy atom. The molecule has 5 N–H and O–H groups in total. The summed E-state index contributed by atoms with van der Waals surface area (Å²) in [6.45, 7) is 1.78. The average molecular weight is 153 g/mol. The van der Waals surface area contributed by atoms with Crippen LogP contribution in [0.4, 0.5) is 0 Å². The van der Waals surface area contributed by atoms with Crippen molar-refractivity contribution in [3.63, 3.8) is 0 Å². The van der Waals surface area contributed by atoms with E-state index in [4.69, 9.17) is 14.4 Å². The minimum atomic E-state index is -3.66. The summed E-state index contributed by atoms with van der Waals surface area (Å²) in [6, 6.07) is 0.146. The van der Waals surface area contributed by atoms with E-state index in [1.54, 1.807) is 6.92 Å². The highest BCUT2D eigenvalue weighted by Gasteiger charge is 2.24. The molecule has 0 bridgehead atoms. The molecule has 0 aliphatic carbocycles. The van der Waals surface area contributed by atoms with Crippen molar-refractivity contribution in [3.05, 3.63) is 0 Å². The maximum absolute atomic E-state index is 8.27. The zero-order valence-electron chi connectivity index (χ0n) is 5.83. The van der Waals surface area contributed by atoms with E-state index >= 15 is 0 Å². The van der Waals surface area contributed by atoms with Crippen LogP contribution >= 0.6 is 0 Å². The van der Waals surface area contributed by atoms with E-state index in [-0.39, 0.29) is 6.04 Å². The molecule has 0 aromatic heterocycles. The van der Waals surface area contributed by atoms with E-state index in [1.165, 1.54) is 7.05 Å². The Kier molecular flexibility index (Phi) is 8.11. The molecule has 0 fully saturated rings. The summed E-state index contributed by atoms with van der Waals surface area (Å²) >= 11 is 0. The lowest BCUT2D eigenvalue weighted by atomic mass is 10.6. The van der Waals surface area contributed by atoms with Gasteiger partial charge in [-0.3, -0.25) is 0 Å². The standard InChI is InChI=1S/C3H10O3Si.CH5N/c1-2-3-7(4,5)6;1-2/h4-6H,2-3H2,1H3;2H2,1H3. The van der Waals surface area contributed by atoms with Gasteiger partial charge in [-0.05, 0) is 7.05 Å². The van der Waals surface area contributed by atoms with Crippen LogP contribution in [-0.4, -0.2) is 30.2 Å². The quantitative estimate of drug-likeness (QED) is 0.379. The van der Waals surface area contributed by atoms with Crippen molar-refractivity contribution < 1.29 is 14.4 Å². The van der Waals surface area contributed by atoms with Crippen molar-refractivity contribution in [1.82, 2.24) is 0 Å². The first kappa shape index (κ1) is 11.8. The van der Waals surface area contributed by atoms with Crippen molar-refractivity contribution >= 4 is 8.80 Å². The lowest BCUT2D eigenvalue weighted by molar-refractivity contribution is 0.227. The monoisotopic (exact) mass is 153 g/mol. The molecular weight excluding hydrogens is 138 g/mol. The van der Waals surface area contributed by atoms with Gasteiger partial charge in [0.05, 0.1) is 0 Å². The zero-order chi connectivity index (χ0) is 7.91. The Labute approximate surface area is 56.3 Å². The maximum Gasteiger partial charge on any atom is 0.492 e. The molecular formula is C4H15NO3Si. The molecule has 0 heterocycles. The fraction of sp³-hybridized carbons (Fsp3) is 1.00. The van der Waals surface area contributed by atoms with E-state index in [2.05, 4.69) is 5.73 Å². The van der Waals surface area contributed by atoms with E-state index in [1.807, 2.05) is 0 Å². The summed E-state index contributed by atoms with van der Waals surface area (Å²) < 4.78 is 0. The van der Waals surface area contributed by atoms with Crippen LogP contribution in [0, 0.1) is 0 Å². The highest BCUT2D eigenvalue weighted by atomic mass is 28.4. The minimum absolute atomic E-state index is 0.146. The van der Waals surface area contributed by atoms with E-state index in [0.29, 0.717) is 6.42 Å². The van der Waals surface area contributed by atoms with Gasteiger partial charge >= 0.3 is 8.80 Å².